The molecular weight excluding hydrogens is 492 g/mol. The summed E-state index contributed by atoms with van der Waals surface area (Å²) >= 11 is 2.72. The Balaban J connectivity index is 1.64. The number of hydrogen-bond donors (Lipinski definition) is 1. The summed E-state index contributed by atoms with van der Waals surface area (Å²) in [6, 6.07) is 13.1. The second kappa shape index (κ2) is 9.80. The Kier molecular flexibility index (Phi) is 6.82. The molecule has 0 aliphatic heterocycles. The van der Waals surface area contributed by atoms with E-state index in [1.165, 1.54) is 48.9 Å². The van der Waals surface area contributed by atoms with E-state index in [0.29, 0.717) is 22.6 Å². The first-order chi connectivity index (χ1) is 16.3. The number of carbonyl (C=O) groups is 1. The van der Waals surface area contributed by atoms with Crippen LogP contribution in [-0.4, -0.2) is 33.4 Å². The van der Waals surface area contributed by atoms with Crippen LogP contribution in [0.5, 0.6) is 11.5 Å². The second-order valence-electron chi connectivity index (χ2n) is 7.00. The molecule has 0 bridgehead atoms. The lowest BCUT2D eigenvalue weighted by Gasteiger charge is -2.15. The van der Waals surface area contributed by atoms with Crippen LogP contribution in [0.4, 0.5) is 5.13 Å². The average Bonchev–Trinajstić information content (AvgIpc) is 3.56. The third kappa shape index (κ3) is 4.74. The second-order valence-corrected chi connectivity index (χ2v) is 10.5. The van der Waals surface area contributed by atoms with Crippen molar-refractivity contribution in [2.75, 3.05) is 18.9 Å². The van der Waals surface area contributed by atoms with Gasteiger partial charge in [0.15, 0.2) is 10.9 Å². The van der Waals surface area contributed by atoms with Gasteiger partial charge in [-0.2, -0.15) is 0 Å². The first kappa shape index (κ1) is 23.7. The summed E-state index contributed by atoms with van der Waals surface area (Å²) in [5.41, 5.74) is 1.86. The van der Waals surface area contributed by atoms with Crippen LogP contribution in [0.15, 0.2) is 77.0 Å². The van der Waals surface area contributed by atoms with Crippen molar-refractivity contribution in [1.29, 1.82) is 0 Å². The molecule has 174 valence electrons. The van der Waals surface area contributed by atoms with E-state index in [1.54, 1.807) is 29.9 Å². The van der Waals surface area contributed by atoms with Gasteiger partial charge in [0.05, 0.1) is 19.1 Å². The maximum atomic E-state index is 13.2. The van der Waals surface area contributed by atoms with Gasteiger partial charge in [0.1, 0.15) is 11.5 Å². The molecule has 0 radical (unpaired) electrons. The number of nitrogens with zero attached hydrogens (tertiary/aromatic N) is 1. The Hall–Kier alpha value is -3.47. The first-order valence-electron chi connectivity index (χ1n) is 9.90. The highest BCUT2D eigenvalue weighted by molar-refractivity contribution is 7.93. The Morgan fingerprint density at radius 1 is 1.00 bits per heavy atom. The van der Waals surface area contributed by atoms with E-state index in [4.69, 9.17) is 9.47 Å². The third-order valence-corrected chi connectivity index (χ3v) is 8.06. The van der Waals surface area contributed by atoms with Gasteiger partial charge >= 0.3 is 0 Å². The van der Waals surface area contributed by atoms with Crippen molar-refractivity contribution in [2.24, 2.45) is 0 Å². The summed E-state index contributed by atoms with van der Waals surface area (Å²) in [7, 11) is -0.732. The summed E-state index contributed by atoms with van der Waals surface area (Å²) < 4.78 is 38.5. The number of carbonyl (C=O) groups excluding carboxylic acids is 1. The third-order valence-electron chi connectivity index (χ3n) is 4.99. The van der Waals surface area contributed by atoms with Crippen LogP contribution >= 0.6 is 22.7 Å². The number of thiophene rings is 1. The molecule has 0 unspecified atom stereocenters. The van der Waals surface area contributed by atoms with E-state index in [0.717, 1.165) is 10.4 Å². The van der Waals surface area contributed by atoms with Crippen molar-refractivity contribution in [3.8, 4) is 21.9 Å². The van der Waals surface area contributed by atoms with E-state index >= 15 is 0 Å². The molecule has 0 amide bonds. The molecule has 4 rings (SSSR count). The Bertz CT molecular complexity index is 1430. The van der Waals surface area contributed by atoms with Crippen LogP contribution in [0.2, 0.25) is 0 Å². The number of sulfonamides is 1. The number of nitrogens with one attached hydrogen (secondary N) is 1. The summed E-state index contributed by atoms with van der Waals surface area (Å²) in [4.78, 5) is 18.1. The number of hydrogen-bond acceptors (Lipinski definition) is 8. The highest BCUT2D eigenvalue weighted by atomic mass is 32.2. The van der Waals surface area contributed by atoms with Gasteiger partial charge in [-0.3, -0.25) is 9.52 Å². The maximum absolute atomic E-state index is 13.2. The predicted octanol–water partition coefficient (Wildman–Crippen LogP) is 5.59. The number of aromatic nitrogens is 1. The molecule has 0 saturated carbocycles. The van der Waals surface area contributed by atoms with E-state index in [9.17, 15) is 13.2 Å². The smallest absolute Gasteiger partial charge is 0.263 e. The summed E-state index contributed by atoms with van der Waals surface area (Å²) in [5.74, 6) is 0.713. The number of ketones is 1. The lowest BCUT2D eigenvalue weighted by atomic mass is 9.95. The summed E-state index contributed by atoms with van der Waals surface area (Å²) in [6.45, 7) is 4.00. The molecule has 1 N–H and O–H groups in total. The molecule has 2 heterocycles. The first-order valence-corrected chi connectivity index (χ1v) is 13.1. The maximum Gasteiger partial charge on any atom is 0.263 e. The zero-order chi connectivity index (χ0) is 24.3. The number of allylic oxidation sites excluding steroid dienone is 1. The quantitative estimate of drug-likeness (QED) is 0.232. The monoisotopic (exact) mass is 512 g/mol. The van der Waals surface area contributed by atoms with Gasteiger partial charge in [-0.15, -0.1) is 22.7 Å². The number of thiazole rings is 1. The molecule has 2 aromatic carbocycles. The normalized spacial score (nSPS) is 11.1. The van der Waals surface area contributed by atoms with Crippen molar-refractivity contribution < 1.29 is 22.7 Å². The van der Waals surface area contributed by atoms with Crippen LogP contribution < -0.4 is 14.2 Å². The largest absolute Gasteiger partial charge is 0.496 e. The minimum absolute atomic E-state index is 0.0203. The van der Waals surface area contributed by atoms with Crippen LogP contribution in [0.1, 0.15) is 15.9 Å². The van der Waals surface area contributed by atoms with Crippen LogP contribution in [0, 0.1) is 0 Å². The summed E-state index contributed by atoms with van der Waals surface area (Å²) in [6.07, 6.45) is 1.51. The van der Waals surface area contributed by atoms with Crippen molar-refractivity contribution >= 4 is 49.2 Å². The lowest BCUT2D eigenvalue weighted by Crippen LogP contribution is -2.13. The Morgan fingerprint density at radius 2 is 1.74 bits per heavy atom. The molecule has 4 aromatic rings. The molecule has 0 aliphatic carbocycles. The number of Topliss-reactive ketones (excluding diaryl/α,β-unsaturated/α-hetero) is 1. The highest BCUT2D eigenvalue weighted by Gasteiger charge is 2.21. The highest BCUT2D eigenvalue weighted by Crippen LogP contribution is 2.40. The van der Waals surface area contributed by atoms with Gasteiger partial charge in [0.2, 0.25) is 0 Å². The number of benzene rings is 2. The standard InChI is InChI=1S/C24H20N2O5S3/c1-15(18-13-19(22-5-4-11-32-22)21(31-3)14-20(18)30-2)23(27)16-6-8-17(9-7-16)34(28,29)26-24-25-10-12-33-24/h4-14H,1H2,2-3H3,(H,25,26). The number of rotatable bonds is 9. The number of methoxy groups -OCH3 is 2. The predicted molar refractivity (Wildman–Crippen MR) is 136 cm³/mol. The van der Waals surface area contributed by atoms with Gasteiger partial charge < -0.3 is 9.47 Å². The SMILES string of the molecule is C=C(C(=O)c1ccc(S(=O)(=O)Nc2nccs2)cc1)c1cc(-c2cccs2)c(OC)cc1OC. The van der Waals surface area contributed by atoms with Gasteiger partial charge in [0.25, 0.3) is 10.0 Å². The summed E-state index contributed by atoms with van der Waals surface area (Å²) in [5, 5.41) is 3.89. The fourth-order valence-electron chi connectivity index (χ4n) is 3.29. The molecule has 0 spiro atoms. The molecule has 34 heavy (non-hydrogen) atoms. The fraction of sp³-hybridized carbons (Fsp3) is 0.0833. The van der Waals surface area contributed by atoms with Crippen molar-refractivity contribution in [2.45, 2.75) is 4.90 Å². The molecule has 10 heteroatoms. The Morgan fingerprint density at radius 3 is 2.32 bits per heavy atom. The van der Waals surface area contributed by atoms with Crippen LogP contribution in [0.25, 0.3) is 16.0 Å². The molecule has 0 aliphatic rings. The minimum Gasteiger partial charge on any atom is -0.496 e. The van der Waals surface area contributed by atoms with Crippen LogP contribution in [-0.2, 0) is 10.0 Å². The molecular formula is C24H20N2O5S3. The van der Waals surface area contributed by atoms with Crippen molar-refractivity contribution in [3.05, 3.63) is 83.2 Å². The van der Waals surface area contributed by atoms with Gasteiger partial charge in [0, 0.05) is 44.8 Å². The fourth-order valence-corrected chi connectivity index (χ4v) is 5.82. The lowest BCUT2D eigenvalue weighted by molar-refractivity contribution is 0.105. The van der Waals surface area contributed by atoms with E-state index < -0.39 is 10.0 Å². The van der Waals surface area contributed by atoms with E-state index in [1.807, 2.05) is 23.6 Å². The molecule has 7 nitrogen and oxygen atoms in total. The average molecular weight is 513 g/mol. The molecule has 2 aromatic heterocycles. The van der Waals surface area contributed by atoms with Crippen LogP contribution in [0.3, 0.4) is 0 Å². The van der Waals surface area contributed by atoms with Gasteiger partial charge in [-0.25, -0.2) is 13.4 Å². The molecule has 0 fully saturated rings. The zero-order valence-corrected chi connectivity index (χ0v) is 20.7. The topological polar surface area (TPSA) is 94.6 Å². The van der Waals surface area contributed by atoms with Gasteiger partial charge in [-0.05, 0) is 41.8 Å². The van der Waals surface area contributed by atoms with Crippen molar-refractivity contribution in [1.82, 2.24) is 4.98 Å². The number of ether oxygens (including phenoxy) is 2. The minimum atomic E-state index is -3.82. The number of anilines is 1. The van der Waals surface area contributed by atoms with Gasteiger partial charge in [-0.1, -0.05) is 12.6 Å². The van der Waals surface area contributed by atoms with E-state index in [2.05, 4.69) is 16.3 Å². The molecule has 0 saturated heterocycles. The molecule has 0 atom stereocenters. The van der Waals surface area contributed by atoms with E-state index in [-0.39, 0.29) is 21.4 Å². The van der Waals surface area contributed by atoms with Crippen molar-refractivity contribution in [3.63, 3.8) is 0 Å². The zero-order valence-electron chi connectivity index (χ0n) is 18.3. The Labute approximate surface area is 205 Å².